The molecule has 0 atom stereocenters. The lowest BCUT2D eigenvalue weighted by Crippen LogP contribution is -2.10. The molecule has 0 amide bonds. The number of anilines is 2. The van der Waals surface area contributed by atoms with Gasteiger partial charge in [0.05, 0.1) is 12.2 Å². The van der Waals surface area contributed by atoms with Gasteiger partial charge in [-0.3, -0.25) is 4.98 Å². The highest BCUT2D eigenvalue weighted by Gasteiger charge is 2.09. The summed E-state index contributed by atoms with van der Waals surface area (Å²) in [6.45, 7) is 6.81. The molecule has 0 fully saturated rings. The molecule has 2 aromatic rings. The van der Waals surface area contributed by atoms with Gasteiger partial charge in [-0.15, -0.1) is 0 Å². The number of rotatable bonds is 6. The Hall–Kier alpha value is -2.17. The first-order valence-corrected chi connectivity index (χ1v) is 7.35. The summed E-state index contributed by atoms with van der Waals surface area (Å²) in [5.74, 6) is 2.63. The zero-order valence-electron chi connectivity index (χ0n) is 13.2. The van der Waals surface area contributed by atoms with E-state index in [2.05, 4.69) is 32.5 Å². The predicted molar refractivity (Wildman–Crippen MR) is 86.6 cm³/mol. The summed E-state index contributed by atoms with van der Waals surface area (Å²) in [5, 5.41) is 6.51. The van der Waals surface area contributed by atoms with Crippen molar-refractivity contribution in [3.05, 3.63) is 41.0 Å². The van der Waals surface area contributed by atoms with Crippen LogP contribution < -0.4 is 10.6 Å². The summed E-state index contributed by atoms with van der Waals surface area (Å²) in [4.78, 5) is 13.6. The summed E-state index contributed by atoms with van der Waals surface area (Å²) in [6, 6.07) is 6.04. The highest BCUT2D eigenvalue weighted by molar-refractivity contribution is 5.57. The maximum absolute atomic E-state index is 4.62. The molecule has 0 aliphatic rings. The fraction of sp³-hybridized carbons (Fsp3) is 0.438. The molecule has 0 unspecified atom stereocenters. The third-order valence-corrected chi connectivity index (χ3v) is 3.29. The van der Waals surface area contributed by atoms with Crippen molar-refractivity contribution in [3.63, 3.8) is 0 Å². The maximum atomic E-state index is 4.62. The van der Waals surface area contributed by atoms with Crippen LogP contribution in [0.3, 0.4) is 0 Å². The van der Waals surface area contributed by atoms with E-state index in [1.54, 1.807) is 0 Å². The molecule has 0 aliphatic heterocycles. The Labute approximate surface area is 126 Å². The highest BCUT2D eigenvalue weighted by Crippen LogP contribution is 2.20. The predicted octanol–water partition coefficient (Wildman–Crippen LogP) is 3.09. The van der Waals surface area contributed by atoms with Crippen molar-refractivity contribution in [2.75, 3.05) is 17.7 Å². The number of aryl methyl sites for hydroxylation is 2. The van der Waals surface area contributed by atoms with E-state index in [-0.39, 0.29) is 0 Å². The number of hydrogen-bond acceptors (Lipinski definition) is 5. The van der Waals surface area contributed by atoms with Crippen LogP contribution in [-0.4, -0.2) is 22.0 Å². The minimum absolute atomic E-state index is 0.661. The SMILES string of the molecule is CCCc1nc(NC)c(C)c(NCc2cccc(C)n2)n1. The topological polar surface area (TPSA) is 62.7 Å². The summed E-state index contributed by atoms with van der Waals surface area (Å²) in [5.41, 5.74) is 3.07. The molecule has 5 nitrogen and oxygen atoms in total. The van der Waals surface area contributed by atoms with Crippen molar-refractivity contribution >= 4 is 11.6 Å². The average molecular weight is 285 g/mol. The van der Waals surface area contributed by atoms with E-state index in [1.165, 1.54) is 0 Å². The molecule has 0 radical (unpaired) electrons. The van der Waals surface area contributed by atoms with Crippen LogP contribution in [0.2, 0.25) is 0 Å². The second-order valence-electron chi connectivity index (χ2n) is 5.09. The van der Waals surface area contributed by atoms with Crippen LogP contribution in [-0.2, 0) is 13.0 Å². The molecule has 0 spiro atoms. The van der Waals surface area contributed by atoms with E-state index >= 15 is 0 Å². The Balaban J connectivity index is 2.20. The Morgan fingerprint density at radius 1 is 1.05 bits per heavy atom. The summed E-state index contributed by atoms with van der Waals surface area (Å²) in [6.07, 6.45) is 1.91. The Morgan fingerprint density at radius 3 is 2.48 bits per heavy atom. The molecule has 2 aromatic heterocycles. The Kier molecular flexibility index (Phi) is 5.09. The molecule has 0 aromatic carbocycles. The van der Waals surface area contributed by atoms with Crippen LogP contribution in [0.25, 0.3) is 0 Å². The molecule has 0 aliphatic carbocycles. The van der Waals surface area contributed by atoms with Gasteiger partial charge in [-0.25, -0.2) is 9.97 Å². The van der Waals surface area contributed by atoms with Gasteiger partial charge < -0.3 is 10.6 Å². The summed E-state index contributed by atoms with van der Waals surface area (Å²) < 4.78 is 0. The second-order valence-corrected chi connectivity index (χ2v) is 5.09. The van der Waals surface area contributed by atoms with Crippen LogP contribution >= 0.6 is 0 Å². The summed E-state index contributed by atoms with van der Waals surface area (Å²) >= 11 is 0. The molecule has 112 valence electrons. The van der Waals surface area contributed by atoms with Crippen molar-refractivity contribution in [1.29, 1.82) is 0 Å². The number of nitrogens with one attached hydrogen (secondary N) is 2. The van der Waals surface area contributed by atoms with Gasteiger partial charge in [-0.1, -0.05) is 13.0 Å². The monoisotopic (exact) mass is 285 g/mol. The van der Waals surface area contributed by atoms with Crippen LogP contribution in [0.5, 0.6) is 0 Å². The zero-order chi connectivity index (χ0) is 15.2. The minimum Gasteiger partial charge on any atom is -0.373 e. The minimum atomic E-state index is 0.661. The van der Waals surface area contributed by atoms with Gasteiger partial charge in [-0.2, -0.15) is 0 Å². The van der Waals surface area contributed by atoms with E-state index in [4.69, 9.17) is 0 Å². The van der Waals surface area contributed by atoms with Crippen LogP contribution in [0.1, 0.15) is 36.1 Å². The second kappa shape index (κ2) is 7.02. The largest absolute Gasteiger partial charge is 0.373 e. The number of nitrogens with zero attached hydrogens (tertiary/aromatic N) is 3. The lowest BCUT2D eigenvalue weighted by atomic mass is 10.2. The van der Waals surface area contributed by atoms with Crippen molar-refractivity contribution < 1.29 is 0 Å². The first kappa shape index (κ1) is 15.2. The van der Waals surface area contributed by atoms with E-state index in [1.807, 2.05) is 39.1 Å². The van der Waals surface area contributed by atoms with Gasteiger partial charge in [0.25, 0.3) is 0 Å². The molecular formula is C16H23N5. The molecule has 0 saturated heterocycles. The lowest BCUT2D eigenvalue weighted by molar-refractivity contribution is 0.830. The summed E-state index contributed by atoms with van der Waals surface area (Å²) in [7, 11) is 1.89. The third-order valence-electron chi connectivity index (χ3n) is 3.29. The number of hydrogen-bond donors (Lipinski definition) is 2. The smallest absolute Gasteiger partial charge is 0.135 e. The molecule has 0 saturated carbocycles. The fourth-order valence-corrected chi connectivity index (χ4v) is 2.19. The van der Waals surface area contributed by atoms with Crippen molar-refractivity contribution in [2.24, 2.45) is 0 Å². The maximum Gasteiger partial charge on any atom is 0.135 e. The third kappa shape index (κ3) is 3.90. The molecule has 2 N–H and O–H groups in total. The van der Waals surface area contributed by atoms with Crippen molar-refractivity contribution in [1.82, 2.24) is 15.0 Å². The van der Waals surface area contributed by atoms with Crippen LogP contribution in [0.4, 0.5) is 11.6 Å². The molecule has 5 heteroatoms. The number of aromatic nitrogens is 3. The van der Waals surface area contributed by atoms with E-state index in [0.29, 0.717) is 6.54 Å². The standard InChI is InChI=1S/C16H23N5/c1-5-7-14-20-15(17-4)12(3)16(21-14)18-10-13-9-6-8-11(2)19-13/h6,8-9H,5,7,10H2,1-4H3,(H2,17,18,20,21). The Bertz CT molecular complexity index is 610. The van der Waals surface area contributed by atoms with Gasteiger partial charge in [0, 0.05) is 24.7 Å². The molecule has 2 rings (SSSR count). The van der Waals surface area contributed by atoms with E-state index in [0.717, 1.165) is 47.3 Å². The molecule has 0 bridgehead atoms. The quantitative estimate of drug-likeness (QED) is 0.854. The molecular weight excluding hydrogens is 262 g/mol. The van der Waals surface area contributed by atoms with Gasteiger partial charge in [0.1, 0.15) is 17.5 Å². The normalized spacial score (nSPS) is 10.5. The Morgan fingerprint density at radius 2 is 1.81 bits per heavy atom. The first-order chi connectivity index (χ1) is 10.1. The highest BCUT2D eigenvalue weighted by atomic mass is 15.1. The van der Waals surface area contributed by atoms with E-state index in [9.17, 15) is 0 Å². The van der Waals surface area contributed by atoms with Crippen LogP contribution in [0, 0.1) is 13.8 Å². The van der Waals surface area contributed by atoms with Crippen molar-refractivity contribution in [3.8, 4) is 0 Å². The first-order valence-electron chi connectivity index (χ1n) is 7.35. The van der Waals surface area contributed by atoms with Crippen molar-refractivity contribution in [2.45, 2.75) is 40.2 Å². The fourth-order valence-electron chi connectivity index (χ4n) is 2.19. The lowest BCUT2D eigenvalue weighted by Gasteiger charge is -2.13. The number of pyridine rings is 1. The van der Waals surface area contributed by atoms with Gasteiger partial charge in [0.15, 0.2) is 0 Å². The van der Waals surface area contributed by atoms with Crippen LogP contribution in [0.15, 0.2) is 18.2 Å². The molecule has 21 heavy (non-hydrogen) atoms. The van der Waals surface area contributed by atoms with Gasteiger partial charge >= 0.3 is 0 Å². The molecule has 2 heterocycles. The van der Waals surface area contributed by atoms with Gasteiger partial charge in [0.2, 0.25) is 0 Å². The zero-order valence-corrected chi connectivity index (χ0v) is 13.2. The van der Waals surface area contributed by atoms with Gasteiger partial charge in [-0.05, 0) is 32.4 Å². The average Bonchev–Trinajstić information content (AvgIpc) is 2.48. The van der Waals surface area contributed by atoms with E-state index < -0.39 is 0 Å².